The largest absolute Gasteiger partial charge is 0.480 e. The zero-order chi connectivity index (χ0) is 14.0. The van der Waals surface area contributed by atoms with E-state index in [1.807, 2.05) is 30.5 Å². The Morgan fingerprint density at radius 1 is 1.42 bits per heavy atom. The van der Waals surface area contributed by atoms with E-state index in [0.717, 1.165) is 15.4 Å². The molecule has 5 nitrogen and oxygen atoms in total. The SMILES string of the molecule is C[C@H](NC(=O)Cn1ccc2cc(Br)ccc21)C(=O)O. The van der Waals surface area contributed by atoms with Gasteiger partial charge >= 0.3 is 5.97 Å². The zero-order valence-corrected chi connectivity index (χ0v) is 11.8. The van der Waals surface area contributed by atoms with Gasteiger partial charge in [0.05, 0.1) is 0 Å². The number of hydrogen-bond donors (Lipinski definition) is 2. The molecule has 1 atom stereocenters. The van der Waals surface area contributed by atoms with Crippen LogP contribution in [0.15, 0.2) is 34.9 Å². The number of nitrogens with one attached hydrogen (secondary N) is 1. The fourth-order valence-electron chi connectivity index (χ4n) is 1.81. The van der Waals surface area contributed by atoms with Gasteiger partial charge in [0, 0.05) is 21.6 Å². The van der Waals surface area contributed by atoms with Crippen molar-refractivity contribution in [1.29, 1.82) is 0 Å². The molecule has 0 unspecified atom stereocenters. The first-order valence-electron chi connectivity index (χ1n) is 5.74. The average molecular weight is 325 g/mol. The summed E-state index contributed by atoms with van der Waals surface area (Å²) < 4.78 is 2.76. The van der Waals surface area contributed by atoms with Crippen LogP contribution < -0.4 is 5.32 Å². The molecule has 19 heavy (non-hydrogen) atoms. The quantitative estimate of drug-likeness (QED) is 0.903. The summed E-state index contributed by atoms with van der Waals surface area (Å²) in [7, 11) is 0. The van der Waals surface area contributed by atoms with Crippen molar-refractivity contribution in [3.05, 3.63) is 34.9 Å². The molecule has 2 rings (SSSR count). The van der Waals surface area contributed by atoms with Crippen LogP contribution in [-0.2, 0) is 16.1 Å². The lowest BCUT2D eigenvalue weighted by molar-refractivity contribution is -0.141. The molecule has 2 N–H and O–H groups in total. The Morgan fingerprint density at radius 3 is 2.84 bits per heavy atom. The number of halogens is 1. The molecule has 0 saturated heterocycles. The minimum absolute atomic E-state index is 0.1000. The van der Waals surface area contributed by atoms with Crippen molar-refractivity contribution >= 4 is 38.7 Å². The maximum atomic E-state index is 11.7. The number of carbonyl (C=O) groups excluding carboxylic acids is 1. The van der Waals surface area contributed by atoms with E-state index in [1.54, 1.807) is 4.57 Å². The fraction of sp³-hybridized carbons (Fsp3) is 0.231. The zero-order valence-electron chi connectivity index (χ0n) is 10.3. The van der Waals surface area contributed by atoms with Gasteiger partial charge in [-0.2, -0.15) is 0 Å². The van der Waals surface area contributed by atoms with Gasteiger partial charge < -0.3 is 15.0 Å². The van der Waals surface area contributed by atoms with E-state index in [0.29, 0.717) is 0 Å². The highest BCUT2D eigenvalue weighted by molar-refractivity contribution is 9.10. The van der Waals surface area contributed by atoms with Crippen LogP contribution in [0.4, 0.5) is 0 Å². The second-order valence-electron chi connectivity index (χ2n) is 4.27. The van der Waals surface area contributed by atoms with Gasteiger partial charge in [-0.3, -0.25) is 9.59 Å². The van der Waals surface area contributed by atoms with Crippen LogP contribution in [0.25, 0.3) is 10.9 Å². The normalized spacial score (nSPS) is 12.3. The first-order valence-corrected chi connectivity index (χ1v) is 6.53. The van der Waals surface area contributed by atoms with Crippen LogP contribution in [0.1, 0.15) is 6.92 Å². The van der Waals surface area contributed by atoms with E-state index >= 15 is 0 Å². The molecule has 1 amide bonds. The van der Waals surface area contributed by atoms with E-state index in [2.05, 4.69) is 21.2 Å². The lowest BCUT2D eigenvalue weighted by atomic mass is 10.2. The number of nitrogens with zero attached hydrogens (tertiary/aromatic N) is 1. The van der Waals surface area contributed by atoms with Crippen molar-refractivity contribution in [2.24, 2.45) is 0 Å². The molecule has 0 fully saturated rings. The molecule has 0 bridgehead atoms. The van der Waals surface area contributed by atoms with Crippen LogP contribution in [0, 0.1) is 0 Å². The van der Waals surface area contributed by atoms with Gasteiger partial charge in [-0.1, -0.05) is 15.9 Å². The fourth-order valence-corrected chi connectivity index (χ4v) is 2.19. The third-order valence-corrected chi connectivity index (χ3v) is 3.29. The Kier molecular flexibility index (Phi) is 3.90. The topological polar surface area (TPSA) is 71.3 Å². The smallest absolute Gasteiger partial charge is 0.325 e. The number of amides is 1. The van der Waals surface area contributed by atoms with Crippen LogP contribution in [-0.4, -0.2) is 27.6 Å². The highest BCUT2D eigenvalue weighted by Gasteiger charge is 2.14. The Balaban J connectivity index is 2.13. The number of carbonyl (C=O) groups is 2. The standard InChI is InChI=1S/C13H13BrN2O3/c1-8(13(18)19)15-12(17)7-16-5-4-9-6-10(14)2-3-11(9)16/h2-6,8H,7H2,1H3,(H,15,17)(H,18,19)/t8-/m0/s1. The summed E-state index contributed by atoms with van der Waals surface area (Å²) in [5.41, 5.74) is 0.932. The van der Waals surface area contributed by atoms with Gasteiger partial charge in [0.25, 0.3) is 0 Å². The van der Waals surface area contributed by atoms with E-state index in [1.165, 1.54) is 6.92 Å². The average Bonchev–Trinajstić information content (AvgIpc) is 2.71. The highest BCUT2D eigenvalue weighted by atomic mass is 79.9. The van der Waals surface area contributed by atoms with Gasteiger partial charge in [0.1, 0.15) is 12.6 Å². The summed E-state index contributed by atoms with van der Waals surface area (Å²) in [6.45, 7) is 1.54. The first-order chi connectivity index (χ1) is 8.97. The summed E-state index contributed by atoms with van der Waals surface area (Å²) in [4.78, 5) is 22.4. The van der Waals surface area contributed by atoms with Gasteiger partial charge in [-0.15, -0.1) is 0 Å². The van der Waals surface area contributed by atoms with Crippen molar-refractivity contribution < 1.29 is 14.7 Å². The third-order valence-electron chi connectivity index (χ3n) is 2.79. The molecule has 0 aliphatic heterocycles. The first kappa shape index (κ1) is 13.6. The Hall–Kier alpha value is -1.82. The molecule has 6 heteroatoms. The summed E-state index contributed by atoms with van der Waals surface area (Å²) >= 11 is 3.39. The van der Waals surface area contributed by atoms with E-state index in [9.17, 15) is 9.59 Å². The van der Waals surface area contributed by atoms with Crippen molar-refractivity contribution in [2.45, 2.75) is 19.5 Å². The van der Waals surface area contributed by atoms with Gasteiger partial charge in [-0.25, -0.2) is 0 Å². The molecular formula is C13H13BrN2O3. The molecule has 2 aromatic rings. The minimum Gasteiger partial charge on any atom is -0.480 e. The number of fused-ring (bicyclic) bond motifs is 1. The van der Waals surface area contributed by atoms with Crippen molar-refractivity contribution in [1.82, 2.24) is 9.88 Å². The molecule has 100 valence electrons. The molecule has 0 saturated carbocycles. The van der Waals surface area contributed by atoms with Crippen LogP contribution in [0.2, 0.25) is 0 Å². The lowest BCUT2D eigenvalue weighted by Gasteiger charge is -2.10. The summed E-state index contributed by atoms with van der Waals surface area (Å²) in [6, 6.07) is 6.80. The van der Waals surface area contributed by atoms with Gasteiger partial charge in [-0.05, 0) is 31.2 Å². The van der Waals surface area contributed by atoms with E-state index in [4.69, 9.17) is 5.11 Å². The van der Waals surface area contributed by atoms with Gasteiger partial charge in [0.15, 0.2) is 0 Å². The number of hydrogen-bond acceptors (Lipinski definition) is 2. The maximum absolute atomic E-state index is 11.7. The molecule has 1 heterocycles. The van der Waals surface area contributed by atoms with Crippen LogP contribution in [0.3, 0.4) is 0 Å². The van der Waals surface area contributed by atoms with Gasteiger partial charge in [0.2, 0.25) is 5.91 Å². The van der Waals surface area contributed by atoms with Crippen LogP contribution >= 0.6 is 15.9 Å². The molecular weight excluding hydrogens is 312 g/mol. The predicted molar refractivity (Wildman–Crippen MR) is 74.9 cm³/mol. The molecule has 1 aromatic heterocycles. The second kappa shape index (κ2) is 5.44. The Labute approximate surface area is 118 Å². The monoisotopic (exact) mass is 324 g/mol. The number of aliphatic carboxylic acids is 1. The number of rotatable bonds is 4. The Bertz CT molecular complexity index is 636. The number of carboxylic acid groups (broad SMARTS) is 1. The highest BCUT2D eigenvalue weighted by Crippen LogP contribution is 2.20. The van der Waals surface area contributed by atoms with Crippen molar-refractivity contribution in [3.63, 3.8) is 0 Å². The molecule has 0 aliphatic carbocycles. The van der Waals surface area contributed by atoms with Crippen molar-refractivity contribution in [2.75, 3.05) is 0 Å². The molecule has 0 radical (unpaired) electrons. The summed E-state index contributed by atoms with van der Waals surface area (Å²) in [5.74, 6) is -1.37. The van der Waals surface area contributed by atoms with E-state index < -0.39 is 12.0 Å². The maximum Gasteiger partial charge on any atom is 0.325 e. The summed E-state index contributed by atoms with van der Waals surface area (Å²) in [6.07, 6.45) is 1.81. The lowest BCUT2D eigenvalue weighted by Crippen LogP contribution is -2.39. The minimum atomic E-state index is -1.05. The number of aromatic nitrogens is 1. The second-order valence-corrected chi connectivity index (χ2v) is 5.19. The molecule has 0 aliphatic rings. The number of benzene rings is 1. The number of carboxylic acids is 1. The van der Waals surface area contributed by atoms with E-state index in [-0.39, 0.29) is 12.5 Å². The molecule has 0 spiro atoms. The third kappa shape index (κ3) is 3.14. The summed E-state index contributed by atoms with van der Waals surface area (Å²) in [5, 5.41) is 12.2. The van der Waals surface area contributed by atoms with Crippen molar-refractivity contribution in [3.8, 4) is 0 Å². The predicted octanol–water partition coefficient (Wildman–Crippen LogP) is 1.99. The Morgan fingerprint density at radius 2 is 2.16 bits per heavy atom. The molecule has 1 aromatic carbocycles. The van der Waals surface area contributed by atoms with Crippen LogP contribution in [0.5, 0.6) is 0 Å².